The second kappa shape index (κ2) is 7.51. The average molecular weight is 297 g/mol. The van der Waals surface area contributed by atoms with Gasteiger partial charge >= 0.3 is 0 Å². The predicted octanol–water partition coefficient (Wildman–Crippen LogP) is 3.51. The van der Waals surface area contributed by atoms with Crippen LogP contribution in [0.25, 0.3) is 0 Å². The molecule has 20 heavy (non-hydrogen) atoms. The summed E-state index contributed by atoms with van der Waals surface area (Å²) in [4.78, 5) is 2.87. The summed E-state index contributed by atoms with van der Waals surface area (Å²) in [5, 5.41) is 4.79. The van der Waals surface area contributed by atoms with Gasteiger partial charge in [-0.25, -0.2) is 0 Å². The molecule has 3 heteroatoms. The molecule has 0 radical (unpaired) electrons. The Morgan fingerprint density at radius 2 is 1.80 bits per heavy atom. The van der Waals surface area contributed by atoms with Crippen molar-refractivity contribution < 1.29 is 0 Å². The molecule has 0 spiro atoms. The van der Waals surface area contributed by atoms with Crippen LogP contribution >= 0.6 is 11.8 Å². The van der Waals surface area contributed by atoms with E-state index in [9.17, 15) is 0 Å². The Morgan fingerprint density at radius 3 is 2.60 bits per heavy atom. The van der Waals surface area contributed by atoms with Crippen molar-refractivity contribution in [1.82, 2.24) is 10.2 Å². The number of nitrogens with zero attached hydrogens (tertiary/aromatic N) is 1. The van der Waals surface area contributed by atoms with Crippen LogP contribution in [-0.4, -0.2) is 48.1 Å². The van der Waals surface area contributed by atoms with Gasteiger partial charge < -0.3 is 5.32 Å². The number of rotatable bonds is 3. The lowest BCUT2D eigenvalue weighted by atomic mass is 9.83. The van der Waals surface area contributed by atoms with E-state index in [1.807, 2.05) is 0 Å². The Kier molecular flexibility index (Phi) is 5.70. The van der Waals surface area contributed by atoms with Crippen LogP contribution in [0.2, 0.25) is 0 Å². The van der Waals surface area contributed by atoms with E-state index in [0.29, 0.717) is 0 Å². The van der Waals surface area contributed by atoms with Crippen molar-refractivity contribution in [2.24, 2.45) is 5.92 Å². The van der Waals surface area contributed by atoms with Crippen LogP contribution in [0.1, 0.15) is 57.8 Å². The van der Waals surface area contributed by atoms with Gasteiger partial charge in [0.2, 0.25) is 0 Å². The highest BCUT2D eigenvalue weighted by atomic mass is 32.2. The number of hydrogen-bond acceptors (Lipinski definition) is 3. The molecule has 0 bridgehead atoms. The third-order valence-electron chi connectivity index (χ3n) is 5.87. The van der Waals surface area contributed by atoms with Gasteiger partial charge in [-0.3, -0.25) is 4.90 Å². The van der Waals surface area contributed by atoms with Crippen molar-refractivity contribution >= 4 is 11.8 Å². The van der Waals surface area contributed by atoms with Gasteiger partial charge in [-0.15, -0.1) is 0 Å². The second-order valence-corrected chi connectivity index (χ2v) is 8.16. The Balaban J connectivity index is 1.62. The standard InChI is InChI=1S/C17H32N2S/c1-20-17-10-5-9-16(17)19-12-6-11-18-15(13-19)14-7-3-2-4-8-14/h14-18H,2-13H2,1H3. The van der Waals surface area contributed by atoms with Crippen LogP contribution < -0.4 is 5.32 Å². The highest BCUT2D eigenvalue weighted by molar-refractivity contribution is 7.99. The van der Waals surface area contributed by atoms with E-state index in [4.69, 9.17) is 0 Å². The summed E-state index contributed by atoms with van der Waals surface area (Å²) < 4.78 is 0. The van der Waals surface area contributed by atoms with E-state index in [2.05, 4.69) is 28.2 Å². The normalized spacial score (nSPS) is 38.0. The first kappa shape index (κ1) is 15.2. The topological polar surface area (TPSA) is 15.3 Å². The highest BCUT2D eigenvalue weighted by Gasteiger charge is 2.35. The number of hydrogen-bond donors (Lipinski definition) is 1. The van der Waals surface area contributed by atoms with Crippen molar-refractivity contribution in [3.8, 4) is 0 Å². The lowest BCUT2D eigenvalue weighted by Gasteiger charge is -2.37. The van der Waals surface area contributed by atoms with Crippen molar-refractivity contribution in [2.75, 3.05) is 25.9 Å². The molecule has 1 saturated heterocycles. The molecule has 2 aliphatic carbocycles. The minimum absolute atomic E-state index is 0.779. The van der Waals surface area contributed by atoms with E-state index in [1.54, 1.807) is 0 Å². The van der Waals surface area contributed by atoms with E-state index in [1.165, 1.54) is 77.4 Å². The van der Waals surface area contributed by atoms with Gasteiger partial charge in [0.15, 0.2) is 0 Å². The van der Waals surface area contributed by atoms with Gasteiger partial charge in [0.1, 0.15) is 0 Å². The summed E-state index contributed by atoms with van der Waals surface area (Å²) in [6.07, 6.45) is 15.4. The Labute approximate surface area is 129 Å². The van der Waals surface area contributed by atoms with Crippen LogP contribution in [0.3, 0.4) is 0 Å². The van der Waals surface area contributed by atoms with Gasteiger partial charge in [0.25, 0.3) is 0 Å². The van der Waals surface area contributed by atoms with Gasteiger partial charge in [0.05, 0.1) is 0 Å². The third-order valence-corrected chi connectivity index (χ3v) is 7.02. The molecule has 0 aromatic rings. The molecule has 3 aliphatic rings. The zero-order valence-electron chi connectivity index (χ0n) is 13.2. The first-order valence-electron chi connectivity index (χ1n) is 8.88. The molecule has 2 saturated carbocycles. The third kappa shape index (κ3) is 3.53. The van der Waals surface area contributed by atoms with Crippen LogP contribution in [0.5, 0.6) is 0 Å². The molecule has 3 unspecified atom stereocenters. The zero-order valence-corrected chi connectivity index (χ0v) is 14.0. The van der Waals surface area contributed by atoms with Crippen LogP contribution in [0, 0.1) is 5.92 Å². The number of nitrogens with one attached hydrogen (secondary N) is 1. The smallest absolute Gasteiger partial charge is 0.0223 e. The molecule has 0 aromatic heterocycles. The Hall–Kier alpha value is 0.270. The zero-order chi connectivity index (χ0) is 13.8. The molecule has 0 aromatic carbocycles. The van der Waals surface area contributed by atoms with Gasteiger partial charge in [-0.1, -0.05) is 25.7 Å². The maximum Gasteiger partial charge on any atom is 0.0223 e. The van der Waals surface area contributed by atoms with Crippen molar-refractivity contribution in [1.29, 1.82) is 0 Å². The Bertz CT molecular complexity index is 291. The van der Waals surface area contributed by atoms with E-state index in [-0.39, 0.29) is 0 Å². The predicted molar refractivity (Wildman–Crippen MR) is 89.5 cm³/mol. The summed E-state index contributed by atoms with van der Waals surface area (Å²) in [5.74, 6) is 0.957. The first-order chi connectivity index (χ1) is 9.88. The molecule has 3 fully saturated rings. The summed E-state index contributed by atoms with van der Waals surface area (Å²) in [7, 11) is 0. The van der Waals surface area contributed by atoms with Crippen molar-refractivity contribution in [3.63, 3.8) is 0 Å². The minimum Gasteiger partial charge on any atom is -0.312 e. The summed E-state index contributed by atoms with van der Waals surface area (Å²) in [6.45, 7) is 3.90. The van der Waals surface area contributed by atoms with E-state index in [0.717, 1.165) is 23.3 Å². The van der Waals surface area contributed by atoms with Gasteiger partial charge in [-0.2, -0.15) is 11.8 Å². The molecule has 116 valence electrons. The van der Waals surface area contributed by atoms with Crippen LogP contribution in [0.4, 0.5) is 0 Å². The lowest BCUT2D eigenvalue weighted by molar-refractivity contribution is 0.165. The molecule has 0 amide bonds. The quantitative estimate of drug-likeness (QED) is 0.858. The first-order valence-corrected chi connectivity index (χ1v) is 10.2. The molecule has 1 heterocycles. The fraction of sp³-hybridized carbons (Fsp3) is 1.00. The fourth-order valence-electron chi connectivity index (χ4n) is 4.73. The fourth-order valence-corrected chi connectivity index (χ4v) is 5.76. The largest absolute Gasteiger partial charge is 0.312 e. The molecule has 1 aliphatic heterocycles. The maximum atomic E-state index is 3.89. The molecule has 1 N–H and O–H groups in total. The van der Waals surface area contributed by atoms with Crippen LogP contribution in [-0.2, 0) is 0 Å². The lowest BCUT2D eigenvalue weighted by Crippen LogP contribution is -2.48. The van der Waals surface area contributed by atoms with Crippen molar-refractivity contribution in [3.05, 3.63) is 0 Å². The molecule has 3 rings (SSSR count). The SMILES string of the molecule is CSC1CCCC1N1CCCNC(C2CCCCC2)C1. The summed E-state index contributed by atoms with van der Waals surface area (Å²) in [6, 6.07) is 1.65. The average Bonchev–Trinajstić information content (AvgIpc) is 2.85. The highest BCUT2D eigenvalue weighted by Crippen LogP contribution is 2.34. The molecular formula is C17H32N2S. The van der Waals surface area contributed by atoms with Gasteiger partial charge in [0, 0.05) is 23.9 Å². The van der Waals surface area contributed by atoms with E-state index >= 15 is 0 Å². The minimum atomic E-state index is 0.779. The molecule has 3 atom stereocenters. The molecule has 2 nitrogen and oxygen atoms in total. The van der Waals surface area contributed by atoms with E-state index < -0.39 is 0 Å². The summed E-state index contributed by atoms with van der Waals surface area (Å²) >= 11 is 2.12. The monoisotopic (exact) mass is 296 g/mol. The summed E-state index contributed by atoms with van der Waals surface area (Å²) in [5.41, 5.74) is 0. The van der Waals surface area contributed by atoms with Crippen LogP contribution in [0.15, 0.2) is 0 Å². The molecular weight excluding hydrogens is 264 g/mol. The maximum absolute atomic E-state index is 3.89. The van der Waals surface area contributed by atoms with Gasteiger partial charge in [-0.05, 0) is 57.4 Å². The van der Waals surface area contributed by atoms with Crippen molar-refractivity contribution in [2.45, 2.75) is 75.1 Å². The number of thioether (sulfide) groups is 1. The Morgan fingerprint density at radius 1 is 0.950 bits per heavy atom. The second-order valence-electron chi connectivity index (χ2n) is 7.08.